The van der Waals surface area contributed by atoms with Gasteiger partial charge in [0.15, 0.2) is 0 Å². The lowest BCUT2D eigenvalue weighted by molar-refractivity contribution is 1.10. The molecule has 11 aromatic rings. The molecule has 0 aliphatic carbocycles. The highest BCUT2D eigenvalue weighted by molar-refractivity contribution is 6.24. The molecule has 1 heterocycles. The molecule has 10 aromatic carbocycles. The van der Waals surface area contributed by atoms with Crippen LogP contribution in [0.5, 0.6) is 0 Å². The predicted octanol–water partition coefficient (Wildman–Crippen LogP) is 14.3. The highest BCUT2D eigenvalue weighted by Gasteiger charge is 2.20. The summed E-state index contributed by atoms with van der Waals surface area (Å²) in [7, 11) is 0. The summed E-state index contributed by atoms with van der Waals surface area (Å²) in [6.45, 7) is 0. The summed E-state index contributed by atoms with van der Waals surface area (Å²) in [5.41, 5.74) is 11.6. The molecule has 0 aliphatic rings. The molecule has 0 radical (unpaired) electrons. The summed E-state index contributed by atoms with van der Waals surface area (Å²) in [5.74, 6) is 0.933. The second kappa shape index (κ2) is 12.7. The van der Waals surface area contributed by atoms with Gasteiger partial charge in [-0.25, -0.2) is 4.98 Å². The molecule has 11 rings (SSSR count). The summed E-state index contributed by atoms with van der Waals surface area (Å²) in [6.07, 6.45) is 0. The maximum atomic E-state index is 5.12. The second-order valence-corrected chi connectivity index (χ2v) is 14.3. The predicted molar refractivity (Wildman–Crippen MR) is 233 cm³/mol. The van der Waals surface area contributed by atoms with Crippen molar-refractivity contribution in [3.63, 3.8) is 0 Å². The van der Waals surface area contributed by atoms with Gasteiger partial charge in [0.25, 0.3) is 0 Å². The van der Waals surface area contributed by atoms with Gasteiger partial charge in [-0.2, -0.15) is 0 Å². The Morgan fingerprint density at radius 1 is 0.327 bits per heavy atom. The van der Waals surface area contributed by atoms with E-state index in [0.717, 1.165) is 33.7 Å². The lowest BCUT2D eigenvalue weighted by atomic mass is 9.83. The van der Waals surface area contributed by atoms with Gasteiger partial charge >= 0.3 is 0 Å². The van der Waals surface area contributed by atoms with Gasteiger partial charge in [0.05, 0.1) is 11.0 Å². The summed E-state index contributed by atoms with van der Waals surface area (Å²) in [6, 6.07) is 74.8. The number of rotatable bonds is 5. The smallest absolute Gasteiger partial charge is 0.145 e. The number of aromatic nitrogens is 2. The van der Waals surface area contributed by atoms with Crippen molar-refractivity contribution in [2.75, 3.05) is 0 Å². The van der Waals surface area contributed by atoms with Crippen LogP contribution in [0.1, 0.15) is 0 Å². The third kappa shape index (κ3) is 5.15. The van der Waals surface area contributed by atoms with E-state index < -0.39 is 0 Å². The standard InChI is InChI=1S/C53H34N2/c1-2-17-42(18-3-1)55-50-24-11-10-23-49(50)54-53(55)38-28-25-36(26-29-38)40-31-32-47-48(34-40)52(44-22-12-16-37-14-6-7-19-43(37)44)46-21-9-8-20-45(46)51(47)41-30-27-35-13-4-5-15-39(35)33-41/h1-34H. The Bertz CT molecular complexity index is 3240. The SMILES string of the molecule is c1ccc(-n2c(-c3ccc(-c4ccc5c(-c6ccc7ccccc7c6)c6ccccc6c(-c6cccc7ccccc67)c5c4)cc3)nc3ccccc32)cc1. The molecular formula is C53H34N2. The van der Waals surface area contributed by atoms with E-state index in [1.54, 1.807) is 0 Å². The number of hydrogen-bond donors (Lipinski definition) is 0. The van der Waals surface area contributed by atoms with E-state index in [1.165, 1.54) is 70.9 Å². The Kier molecular flexibility index (Phi) is 7.21. The molecule has 0 fully saturated rings. The van der Waals surface area contributed by atoms with Crippen molar-refractivity contribution >= 4 is 54.1 Å². The number of fused-ring (bicyclic) bond motifs is 5. The quantitative estimate of drug-likeness (QED) is 0.164. The van der Waals surface area contributed by atoms with Gasteiger partial charge in [-0.05, 0) is 113 Å². The van der Waals surface area contributed by atoms with Gasteiger partial charge in [0.2, 0.25) is 0 Å². The third-order valence-electron chi connectivity index (χ3n) is 11.2. The highest BCUT2D eigenvalue weighted by Crippen LogP contribution is 2.46. The molecule has 1 aromatic heterocycles. The first-order valence-corrected chi connectivity index (χ1v) is 18.9. The van der Waals surface area contributed by atoms with E-state index >= 15 is 0 Å². The lowest BCUT2D eigenvalue weighted by Gasteiger charge is -2.20. The van der Waals surface area contributed by atoms with Crippen molar-refractivity contribution in [1.82, 2.24) is 9.55 Å². The monoisotopic (exact) mass is 698 g/mol. The summed E-state index contributed by atoms with van der Waals surface area (Å²) in [4.78, 5) is 5.12. The van der Waals surface area contributed by atoms with Crippen LogP contribution in [-0.2, 0) is 0 Å². The van der Waals surface area contributed by atoms with Crippen LogP contribution in [0, 0.1) is 0 Å². The van der Waals surface area contributed by atoms with Crippen LogP contribution in [0.4, 0.5) is 0 Å². The van der Waals surface area contributed by atoms with Gasteiger partial charge in [-0.15, -0.1) is 0 Å². The topological polar surface area (TPSA) is 17.8 Å². The van der Waals surface area contributed by atoms with Gasteiger partial charge in [0, 0.05) is 11.3 Å². The zero-order valence-electron chi connectivity index (χ0n) is 30.0. The van der Waals surface area contributed by atoms with Crippen LogP contribution in [0.3, 0.4) is 0 Å². The van der Waals surface area contributed by atoms with E-state index in [4.69, 9.17) is 4.98 Å². The molecule has 0 aliphatic heterocycles. The molecule has 0 unspecified atom stereocenters. The molecule has 0 saturated carbocycles. The van der Waals surface area contributed by atoms with E-state index in [9.17, 15) is 0 Å². The van der Waals surface area contributed by atoms with Crippen LogP contribution >= 0.6 is 0 Å². The minimum Gasteiger partial charge on any atom is -0.292 e. The molecule has 0 atom stereocenters. The van der Waals surface area contributed by atoms with Crippen molar-refractivity contribution in [2.24, 2.45) is 0 Å². The van der Waals surface area contributed by atoms with Crippen LogP contribution in [0.15, 0.2) is 206 Å². The molecule has 0 amide bonds. The molecule has 55 heavy (non-hydrogen) atoms. The molecule has 2 nitrogen and oxygen atoms in total. The normalized spacial score (nSPS) is 11.6. The molecule has 256 valence electrons. The highest BCUT2D eigenvalue weighted by atomic mass is 15.1. The number of nitrogens with zero attached hydrogens (tertiary/aromatic N) is 2. The Morgan fingerprint density at radius 3 is 1.76 bits per heavy atom. The Hall–Kier alpha value is -7.29. The summed E-state index contributed by atoms with van der Waals surface area (Å²) < 4.78 is 2.26. The van der Waals surface area contributed by atoms with Gasteiger partial charge in [-0.1, -0.05) is 170 Å². The fourth-order valence-electron chi connectivity index (χ4n) is 8.62. The average molecular weight is 699 g/mol. The minimum atomic E-state index is 0.933. The van der Waals surface area contributed by atoms with Crippen molar-refractivity contribution in [2.45, 2.75) is 0 Å². The molecule has 0 bridgehead atoms. The van der Waals surface area contributed by atoms with Crippen LogP contribution in [0.2, 0.25) is 0 Å². The fourth-order valence-corrected chi connectivity index (χ4v) is 8.62. The number of para-hydroxylation sites is 3. The Labute approximate surface area is 319 Å². The molecule has 0 N–H and O–H groups in total. The summed E-state index contributed by atoms with van der Waals surface area (Å²) in [5, 5.41) is 9.98. The second-order valence-electron chi connectivity index (χ2n) is 14.3. The van der Waals surface area contributed by atoms with E-state index in [2.05, 4.69) is 211 Å². The lowest BCUT2D eigenvalue weighted by Crippen LogP contribution is -1.97. The van der Waals surface area contributed by atoms with Crippen molar-refractivity contribution in [3.8, 4) is 50.5 Å². The molecule has 0 spiro atoms. The largest absolute Gasteiger partial charge is 0.292 e. The van der Waals surface area contributed by atoms with Crippen molar-refractivity contribution in [3.05, 3.63) is 206 Å². The number of imidazole rings is 1. The van der Waals surface area contributed by atoms with Gasteiger partial charge < -0.3 is 0 Å². The van der Waals surface area contributed by atoms with E-state index in [-0.39, 0.29) is 0 Å². The molecule has 2 heteroatoms. The molecular weight excluding hydrogens is 665 g/mol. The van der Waals surface area contributed by atoms with E-state index in [1.807, 2.05) is 0 Å². The summed E-state index contributed by atoms with van der Waals surface area (Å²) >= 11 is 0. The number of benzene rings is 10. The maximum absolute atomic E-state index is 5.12. The Balaban J connectivity index is 1.14. The zero-order valence-corrected chi connectivity index (χ0v) is 30.0. The van der Waals surface area contributed by atoms with Crippen LogP contribution < -0.4 is 0 Å². The molecule has 0 saturated heterocycles. The van der Waals surface area contributed by atoms with Crippen molar-refractivity contribution in [1.29, 1.82) is 0 Å². The van der Waals surface area contributed by atoms with Crippen molar-refractivity contribution < 1.29 is 0 Å². The van der Waals surface area contributed by atoms with Crippen LogP contribution in [-0.4, -0.2) is 9.55 Å². The average Bonchev–Trinajstić information content (AvgIpc) is 3.65. The van der Waals surface area contributed by atoms with Crippen LogP contribution in [0.25, 0.3) is 105 Å². The van der Waals surface area contributed by atoms with Gasteiger partial charge in [0.1, 0.15) is 5.82 Å². The van der Waals surface area contributed by atoms with E-state index in [0.29, 0.717) is 0 Å². The number of hydrogen-bond acceptors (Lipinski definition) is 1. The fraction of sp³-hybridized carbons (Fsp3) is 0. The zero-order chi connectivity index (χ0) is 36.3. The third-order valence-corrected chi connectivity index (χ3v) is 11.2. The van der Waals surface area contributed by atoms with Gasteiger partial charge in [-0.3, -0.25) is 4.57 Å². The first-order chi connectivity index (χ1) is 27.3. The first-order valence-electron chi connectivity index (χ1n) is 18.9. The minimum absolute atomic E-state index is 0.933. The first kappa shape index (κ1) is 31.3. The maximum Gasteiger partial charge on any atom is 0.145 e. The Morgan fingerprint density at radius 2 is 0.927 bits per heavy atom.